The number of rotatable bonds is 5. The van der Waals surface area contributed by atoms with Gasteiger partial charge in [0.15, 0.2) is 0 Å². The van der Waals surface area contributed by atoms with Gasteiger partial charge in [-0.05, 0) is 82.7 Å². The zero-order valence-corrected chi connectivity index (χ0v) is 20.3. The molecule has 3 atom stereocenters. The van der Waals surface area contributed by atoms with Crippen molar-refractivity contribution in [2.45, 2.75) is 75.5 Å². The highest BCUT2D eigenvalue weighted by atomic mass is 35.5. The van der Waals surface area contributed by atoms with Gasteiger partial charge in [-0.1, -0.05) is 11.6 Å². The molecular formula is C25H33ClN6O. The smallest absolute Gasteiger partial charge is 0.223 e. The quantitative estimate of drug-likeness (QED) is 0.706. The first-order valence-corrected chi connectivity index (χ1v) is 12.8. The number of ether oxygens (including phenoxy) is 1. The van der Waals surface area contributed by atoms with Crippen LogP contribution in [0.25, 0.3) is 10.9 Å². The van der Waals surface area contributed by atoms with E-state index in [4.69, 9.17) is 21.3 Å². The molecule has 0 radical (unpaired) electrons. The largest absolute Gasteiger partial charge is 0.379 e. The number of aromatic nitrogens is 2. The SMILES string of the molecule is CC1C(Nc2ncc3cc(Cl)c(C4CCN(C5(C)CCOC5)CC4)cc3n2)C=NN1C1CC1. The minimum absolute atomic E-state index is 0.125. The zero-order chi connectivity index (χ0) is 22.6. The summed E-state index contributed by atoms with van der Waals surface area (Å²) in [6.45, 7) is 8.47. The molecule has 2 saturated heterocycles. The molecule has 8 heteroatoms. The van der Waals surface area contributed by atoms with Crippen LogP contribution in [-0.4, -0.2) is 76.1 Å². The fraction of sp³-hybridized carbons (Fsp3) is 0.640. The summed E-state index contributed by atoms with van der Waals surface area (Å²) in [4.78, 5) is 12.0. The molecular weight excluding hydrogens is 436 g/mol. The van der Waals surface area contributed by atoms with Gasteiger partial charge in [0, 0.05) is 41.0 Å². The van der Waals surface area contributed by atoms with E-state index in [1.165, 1.54) is 18.4 Å². The average Bonchev–Trinajstić information content (AvgIpc) is 3.46. The lowest BCUT2D eigenvalue weighted by Crippen LogP contribution is -2.50. The molecule has 0 amide bonds. The van der Waals surface area contributed by atoms with Gasteiger partial charge in [0.05, 0.1) is 24.2 Å². The van der Waals surface area contributed by atoms with Crippen LogP contribution in [0, 0.1) is 0 Å². The van der Waals surface area contributed by atoms with E-state index < -0.39 is 0 Å². The average molecular weight is 469 g/mol. The Morgan fingerprint density at radius 1 is 1.18 bits per heavy atom. The van der Waals surface area contributed by atoms with Crippen LogP contribution >= 0.6 is 11.6 Å². The number of fused-ring (bicyclic) bond motifs is 1. The Balaban J connectivity index is 1.18. The second-order valence-corrected chi connectivity index (χ2v) is 10.9. The first-order valence-electron chi connectivity index (χ1n) is 12.4. The van der Waals surface area contributed by atoms with Crippen LogP contribution < -0.4 is 5.32 Å². The topological polar surface area (TPSA) is 65.9 Å². The molecule has 3 fully saturated rings. The van der Waals surface area contributed by atoms with Gasteiger partial charge in [-0.25, -0.2) is 9.97 Å². The van der Waals surface area contributed by atoms with Crippen LogP contribution in [0.3, 0.4) is 0 Å². The molecule has 3 unspecified atom stereocenters. The Morgan fingerprint density at radius 3 is 2.73 bits per heavy atom. The Bertz CT molecular complexity index is 1060. The molecule has 0 bridgehead atoms. The summed E-state index contributed by atoms with van der Waals surface area (Å²) in [7, 11) is 0. The van der Waals surface area contributed by atoms with Crippen LogP contribution in [0.2, 0.25) is 5.02 Å². The lowest BCUT2D eigenvalue weighted by molar-refractivity contribution is 0.0582. The number of benzene rings is 1. The van der Waals surface area contributed by atoms with Crippen molar-refractivity contribution in [1.82, 2.24) is 19.9 Å². The van der Waals surface area contributed by atoms with Crippen molar-refractivity contribution >= 4 is 34.7 Å². The maximum absolute atomic E-state index is 6.75. The number of halogens is 1. The summed E-state index contributed by atoms with van der Waals surface area (Å²) in [5.74, 6) is 1.12. The predicted molar refractivity (Wildman–Crippen MR) is 132 cm³/mol. The van der Waals surface area contributed by atoms with Gasteiger partial charge in [0.2, 0.25) is 5.95 Å². The monoisotopic (exact) mass is 468 g/mol. The van der Waals surface area contributed by atoms with E-state index in [2.05, 4.69) is 45.2 Å². The summed E-state index contributed by atoms with van der Waals surface area (Å²) in [5, 5.41) is 12.1. The summed E-state index contributed by atoms with van der Waals surface area (Å²) in [6, 6.07) is 5.27. The molecule has 1 aliphatic carbocycles. The van der Waals surface area contributed by atoms with Crippen molar-refractivity contribution < 1.29 is 4.74 Å². The highest BCUT2D eigenvalue weighted by Crippen LogP contribution is 2.38. The van der Waals surface area contributed by atoms with Gasteiger partial charge in [-0.2, -0.15) is 5.10 Å². The van der Waals surface area contributed by atoms with Crippen LogP contribution in [0.15, 0.2) is 23.4 Å². The highest BCUT2D eigenvalue weighted by molar-refractivity contribution is 6.32. The van der Waals surface area contributed by atoms with E-state index in [9.17, 15) is 0 Å². The number of hydrazone groups is 1. The number of nitrogens with zero attached hydrogens (tertiary/aromatic N) is 5. The molecule has 1 saturated carbocycles. The first-order chi connectivity index (χ1) is 16.0. The second-order valence-electron chi connectivity index (χ2n) is 10.5. The third kappa shape index (κ3) is 4.08. The molecule has 1 N–H and O–H groups in total. The molecule has 1 aromatic heterocycles. The van der Waals surface area contributed by atoms with E-state index in [0.717, 1.165) is 61.5 Å². The standard InChI is InChI=1S/C25H33ClN6O/c1-16-23(14-28-32(16)19-3-4-19)30-24-27-13-18-11-21(26)20(12-22(18)29-24)17-5-8-31(9-6-17)25(2)7-10-33-15-25/h11-14,16-17,19,23H,3-10,15H2,1-2H3,(H,27,29,30). The Labute approximate surface area is 200 Å². The van der Waals surface area contributed by atoms with E-state index in [1.54, 1.807) is 0 Å². The van der Waals surface area contributed by atoms with Crippen molar-refractivity contribution in [2.24, 2.45) is 5.10 Å². The van der Waals surface area contributed by atoms with Crippen LogP contribution in [0.5, 0.6) is 0 Å². The fourth-order valence-corrected chi connectivity index (χ4v) is 6.03. The molecule has 2 aromatic rings. The molecule has 7 nitrogen and oxygen atoms in total. The molecule has 33 heavy (non-hydrogen) atoms. The van der Waals surface area contributed by atoms with Crippen LogP contribution in [-0.2, 0) is 4.74 Å². The highest BCUT2D eigenvalue weighted by Gasteiger charge is 2.39. The van der Waals surface area contributed by atoms with E-state index in [0.29, 0.717) is 23.9 Å². The summed E-state index contributed by atoms with van der Waals surface area (Å²) < 4.78 is 5.68. The third-order valence-corrected chi connectivity index (χ3v) is 8.44. The number of hydrogen-bond acceptors (Lipinski definition) is 7. The zero-order valence-electron chi connectivity index (χ0n) is 19.5. The van der Waals surface area contributed by atoms with Gasteiger partial charge < -0.3 is 10.1 Å². The summed E-state index contributed by atoms with van der Waals surface area (Å²) >= 11 is 6.75. The van der Waals surface area contributed by atoms with Gasteiger partial charge in [0.25, 0.3) is 0 Å². The maximum atomic E-state index is 6.75. The molecule has 0 spiro atoms. The van der Waals surface area contributed by atoms with Crippen molar-refractivity contribution in [2.75, 3.05) is 31.6 Å². The minimum Gasteiger partial charge on any atom is -0.379 e. The van der Waals surface area contributed by atoms with Gasteiger partial charge in [-0.3, -0.25) is 9.91 Å². The van der Waals surface area contributed by atoms with Gasteiger partial charge in [-0.15, -0.1) is 0 Å². The fourth-order valence-electron chi connectivity index (χ4n) is 5.70. The lowest BCUT2D eigenvalue weighted by atomic mass is 9.86. The maximum Gasteiger partial charge on any atom is 0.223 e. The number of likely N-dealkylation sites (tertiary alicyclic amines) is 1. The molecule has 4 aliphatic rings. The normalized spacial score (nSPS) is 31.1. The predicted octanol–water partition coefficient (Wildman–Crippen LogP) is 4.27. The summed E-state index contributed by atoms with van der Waals surface area (Å²) in [6.07, 6.45) is 9.72. The van der Waals surface area contributed by atoms with E-state index in [1.807, 2.05) is 18.5 Å². The first kappa shape index (κ1) is 21.6. The molecule has 1 aromatic carbocycles. The van der Waals surface area contributed by atoms with Crippen LogP contribution in [0.4, 0.5) is 5.95 Å². The Hall–Kier alpha value is -1.96. The van der Waals surface area contributed by atoms with Crippen molar-refractivity contribution in [3.63, 3.8) is 0 Å². The number of nitrogens with one attached hydrogen (secondary N) is 1. The lowest BCUT2D eigenvalue weighted by Gasteiger charge is -2.42. The molecule has 4 heterocycles. The number of hydrogen-bond donors (Lipinski definition) is 1. The third-order valence-electron chi connectivity index (χ3n) is 8.11. The van der Waals surface area contributed by atoms with E-state index in [-0.39, 0.29) is 11.6 Å². The summed E-state index contributed by atoms with van der Waals surface area (Å²) in [5.41, 5.74) is 2.37. The molecule has 6 rings (SSSR count). The van der Waals surface area contributed by atoms with E-state index >= 15 is 0 Å². The van der Waals surface area contributed by atoms with Crippen molar-refractivity contribution in [3.05, 3.63) is 28.9 Å². The second kappa shape index (κ2) is 8.36. The van der Waals surface area contributed by atoms with Crippen molar-refractivity contribution in [1.29, 1.82) is 0 Å². The van der Waals surface area contributed by atoms with Gasteiger partial charge in [0.1, 0.15) is 0 Å². The number of anilines is 1. The Kier molecular flexibility index (Phi) is 5.46. The Morgan fingerprint density at radius 2 is 2.00 bits per heavy atom. The number of piperidine rings is 1. The molecule has 176 valence electrons. The van der Waals surface area contributed by atoms with Gasteiger partial charge >= 0.3 is 0 Å². The minimum atomic E-state index is 0.125. The van der Waals surface area contributed by atoms with Crippen molar-refractivity contribution in [3.8, 4) is 0 Å². The van der Waals surface area contributed by atoms with Crippen LogP contribution in [0.1, 0.15) is 57.4 Å². The molecule has 3 aliphatic heterocycles.